The molecule has 0 saturated heterocycles. The first-order valence-electron chi connectivity index (χ1n) is 7.64. The Hall–Kier alpha value is -2.61. The normalized spacial score (nSPS) is 19.9. The van der Waals surface area contributed by atoms with Crippen molar-refractivity contribution in [1.29, 1.82) is 10.7 Å². The molecule has 5 heteroatoms. The van der Waals surface area contributed by atoms with E-state index in [0.29, 0.717) is 5.88 Å². The Labute approximate surface area is 135 Å². The number of fused-ring (bicyclic) bond motifs is 1. The van der Waals surface area contributed by atoms with Crippen molar-refractivity contribution in [1.82, 2.24) is 10.2 Å². The second kappa shape index (κ2) is 5.24. The van der Waals surface area contributed by atoms with Crippen molar-refractivity contribution >= 4 is 5.90 Å². The number of aromatic amines is 1. The second-order valence-corrected chi connectivity index (χ2v) is 6.29. The summed E-state index contributed by atoms with van der Waals surface area (Å²) in [6.07, 6.45) is 0. The second-order valence-electron chi connectivity index (χ2n) is 6.29. The van der Waals surface area contributed by atoms with Crippen LogP contribution in [0.1, 0.15) is 45.0 Å². The summed E-state index contributed by atoms with van der Waals surface area (Å²) in [6, 6.07) is 4.43. The van der Waals surface area contributed by atoms with Gasteiger partial charge >= 0.3 is 0 Å². The Bertz CT molecular complexity index is 831. The number of nitriles is 1. The number of aromatic nitrogens is 2. The summed E-state index contributed by atoms with van der Waals surface area (Å²) >= 11 is 0. The van der Waals surface area contributed by atoms with E-state index < -0.39 is 5.92 Å². The zero-order valence-corrected chi connectivity index (χ0v) is 14.0. The first-order chi connectivity index (χ1) is 10.9. The van der Waals surface area contributed by atoms with Crippen LogP contribution in [0.25, 0.3) is 0 Å². The standard InChI is InChI=1S/C18H20N4O/c1-8-6-9(2)11(4)14(10(8)3)16-13(7-19)17(20)23-18-15(16)12(5)21-22-18/h6,13,16,20H,1-5H3,(H,21,22). The molecule has 1 aliphatic heterocycles. The maximum Gasteiger partial charge on any atom is 0.243 e. The van der Waals surface area contributed by atoms with Gasteiger partial charge in [-0.15, -0.1) is 5.10 Å². The van der Waals surface area contributed by atoms with Crippen LogP contribution >= 0.6 is 0 Å². The van der Waals surface area contributed by atoms with E-state index in [2.05, 4.69) is 50.0 Å². The van der Waals surface area contributed by atoms with Gasteiger partial charge in [-0.1, -0.05) is 6.07 Å². The highest BCUT2D eigenvalue weighted by Crippen LogP contribution is 2.45. The van der Waals surface area contributed by atoms with Crippen molar-refractivity contribution in [3.63, 3.8) is 0 Å². The van der Waals surface area contributed by atoms with Crippen LogP contribution in [0.4, 0.5) is 0 Å². The molecule has 118 valence electrons. The lowest BCUT2D eigenvalue weighted by molar-refractivity contribution is 0.435. The lowest BCUT2D eigenvalue weighted by atomic mass is 9.75. The third-order valence-corrected chi connectivity index (χ3v) is 4.97. The molecule has 0 aliphatic carbocycles. The maximum absolute atomic E-state index is 9.67. The molecule has 2 heterocycles. The van der Waals surface area contributed by atoms with E-state index in [1.54, 1.807) is 0 Å². The Morgan fingerprint density at radius 2 is 1.74 bits per heavy atom. The summed E-state index contributed by atoms with van der Waals surface area (Å²) in [6.45, 7) is 10.3. The number of hydrogen-bond donors (Lipinski definition) is 2. The Morgan fingerprint density at radius 3 is 2.30 bits per heavy atom. The molecule has 2 unspecified atom stereocenters. The van der Waals surface area contributed by atoms with Gasteiger partial charge in [-0.3, -0.25) is 10.5 Å². The van der Waals surface area contributed by atoms with Crippen LogP contribution in [0.2, 0.25) is 0 Å². The fourth-order valence-corrected chi connectivity index (χ4v) is 3.50. The molecule has 0 saturated carbocycles. The zero-order valence-electron chi connectivity index (χ0n) is 14.0. The molecule has 2 aromatic rings. The van der Waals surface area contributed by atoms with Crippen LogP contribution in [-0.2, 0) is 0 Å². The van der Waals surface area contributed by atoms with Gasteiger partial charge in [0, 0.05) is 17.2 Å². The molecule has 0 amide bonds. The van der Waals surface area contributed by atoms with E-state index in [1.807, 2.05) is 6.92 Å². The third kappa shape index (κ3) is 2.14. The monoisotopic (exact) mass is 308 g/mol. The molecule has 3 rings (SSSR count). The number of ether oxygens (including phenoxy) is 1. The van der Waals surface area contributed by atoms with Crippen molar-refractivity contribution in [2.24, 2.45) is 5.92 Å². The van der Waals surface area contributed by atoms with Gasteiger partial charge < -0.3 is 4.74 Å². The van der Waals surface area contributed by atoms with Crippen molar-refractivity contribution in [2.75, 3.05) is 0 Å². The number of H-pyrrole nitrogens is 1. The minimum atomic E-state index is -0.641. The van der Waals surface area contributed by atoms with Crippen molar-refractivity contribution in [2.45, 2.75) is 40.5 Å². The Kier molecular flexibility index (Phi) is 3.48. The van der Waals surface area contributed by atoms with Gasteiger partial charge in [0.15, 0.2) is 0 Å². The minimum Gasteiger partial charge on any atom is -0.422 e. The van der Waals surface area contributed by atoms with Crippen LogP contribution in [0.5, 0.6) is 5.88 Å². The largest absolute Gasteiger partial charge is 0.422 e. The van der Waals surface area contributed by atoms with E-state index in [9.17, 15) is 5.26 Å². The van der Waals surface area contributed by atoms with Crippen LogP contribution in [0.3, 0.4) is 0 Å². The van der Waals surface area contributed by atoms with Crippen LogP contribution in [0.15, 0.2) is 6.07 Å². The van der Waals surface area contributed by atoms with Crippen LogP contribution < -0.4 is 4.74 Å². The highest BCUT2D eigenvalue weighted by atomic mass is 16.5. The van der Waals surface area contributed by atoms with E-state index in [1.165, 1.54) is 22.3 Å². The van der Waals surface area contributed by atoms with Gasteiger partial charge in [0.25, 0.3) is 0 Å². The first-order valence-corrected chi connectivity index (χ1v) is 7.64. The van der Waals surface area contributed by atoms with E-state index in [4.69, 9.17) is 10.1 Å². The topological polar surface area (TPSA) is 85.5 Å². The molecular weight excluding hydrogens is 288 g/mol. The van der Waals surface area contributed by atoms with E-state index in [-0.39, 0.29) is 11.8 Å². The zero-order chi connectivity index (χ0) is 16.9. The summed E-state index contributed by atoms with van der Waals surface area (Å²) in [4.78, 5) is 0. The number of benzene rings is 1. The lowest BCUT2D eigenvalue weighted by Gasteiger charge is -2.31. The number of nitrogens with one attached hydrogen (secondary N) is 2. The smallest absolute Gasteiger partial charge is 0.243 e. The number of aryl methyl sites for hydroxylation is 3. The predicted molar refractivity (Wildman–Crippen MR) is 88.0 cm³/mol. The number of hydrogen-bond acceptors (Lipinski definition) is 4. The molecule has 2 atom stereocenters. The Balaban J connectivity index is 2.36. The summed E-state index contributed by atoms with van der Waals surface area (Å²) in [7, 11) is 0. The molecule has 0 spiro atoms. The summed E-state index contributed by atoms with van der Waals surface area (Å²) < 4.78 is 5.47. The SMILES string of the molecule is Cc1cc(C)c(C)c(C2c3c(n[nH]c3C)OC(=N)C2C#N)c1C. The lowest BCUT2D eigenvalue weighted by Crippen LogP contribution is -2.32. The third-order valence-electron chi connectivity index (χ3n) is 4.97. The molecular formula is C18H20N4O. The van der Waals surface area contributed by atoms with Gasteiger partial charge in [0.1, 0.15) is 5.92 Å². The predicted octanol–water partition coefficient (Wildman–Crippen LogP) is 3.59. The van der Waals surface area contributed by atoms with E-state index >= 15 is 0 Å². The fraction of sp³-hybridized carbons (Fsp3) is 0.389. The Morgan fingerprint density at radius 1 is 1.13 bits per heavy atom. The van der Waals surface area contributed by atoms with Crippen LogP contribution in [0, 0.1) is 57.3 Å². The first kappa shape index (κ1) is 15.3. The number of nitrogens with zero attached hydrogens (tertiary/aromatic N) is 2. The van der Waals surface area contributed by atoms with Gasteiger partial charge in [-0.05, 0) is 62.4 Å². The fourth-order valence-electron chi connectivity index (χ4n) is 3.50. The molecule has 0 bridgehead atoms. The molecule has 2 N–H and O–H groups in total. The van der Waals surface area contributed by atoms with Gasteiger partial charge in [0.05, 0.1) is 6.07 Å². The van der Waals surface area contributed by atoms with Gasteiger partial charge in [0.2, 0.25) is 11.8 Å². The van der Waals surface area contributed by atoms with Crippen molar-refractivity contribution in [3.8, 4) is 11.9 Å². The number of rotatable bonds is 1. The summed E-state index contributed by atoms with van der Waals surface area (Å²) in [5.41, 5.74) is 7.62. The molecule has 1 aromatic carbocycles. The minimum absolute atomic E-state index is 0.0329. The molecule has 1 aromatic heterocycles. The molecule has 0 fully saturated rings. The highest BCUT2D eigenvalue weighted by molar-refractivity contribution is 5.85. The summed E-state index contributed by atoms with van der Waals surface area (Å²) in [5.74, 6) is -0.484. The molecule has 1 aliphatic rings. The van der Waals surface area contributed by atoms with Crippen molar-refractivity contribution < 1.29 is 4.74 Å². The molecule has 23 heavy (non-hydrogen) atoms. The molecule has 5 nitrogen and oxygen atoms in total. The van der Waals surface area contributed by atoms with Gasteiger partial charge in [-0.25, -0.2) is 0 Å². The maximum atomic E-state index is 9.67. The van der Waals surface area contributed by atoms with E-state index in [0.717, 1.165) is 16.8 Å². The molecule has 0 radical (unpaired) electrons. The van der Waals surface area contributed by atoms with Crippen LogP contribution in [-0.4, -0.2) is 16.1 Å². The average Bonchev–Trinajstić information content (AvgIpc) is 2.86. The highest BCUT2D eigenvalue weighted by Gasteiger charge is 2.41. The van der Waals surface area contributed by atoms with Gasteiger partial charge in [-0.2, -0.15) is 5.26 Å². The average molecular weight is 308 g/mol. The summed E-state index contributed by atoms with van der Waals surface area (Å²) in [5, 5.41) is 24.9. The quantitative estimate of drug-likeness (QED) is 0.844. The van der Waals surface area contributed by atoms with Crippen molar-refractivity contribution in [3.05, 3.63) is 45.1 Å².